The van der Waals surface area contributed by atoms with Crippen LogP contribution in [0.1, 0.15) is 19.3 Å². The lowest BCUT2D eigenvalue weighted by molar-refractivity contribution is -0.385. The number of nitro groups is 1. The molecule has 1 saturated heterocycles. The fourth-order valence-electron chi connectivity index (χ4n) is 2.19. The van der Waals surface area contributed by atoms with E-state index in [0.29, 0.717) is 12.4 Å². The largest absolute Gasteiger partial charge is 0.492 e. The number of likely N-dealkylation sites (tertiary alicyclic amines) is 1. The Balaban J connectivity index is 1.81. The van der Waals surface area contributed by atoms with Crippen molar-refractivity contribution in [1.82, 2.24) is 4.90 Å². The molecule has 6 heteroatoms. The van der Waals surface area contributed by atoms with E-state index in [4.69, 9.17) is 4.74 Å². The lowest BCUT2D eigenvalue weighted by Gasteiger charge is -2.14. The number of ether oxygens (including phenoxy) is 1. The van der Waals surface area contributed by atoms with Crippen molar-refractivity contribution >= 4 is 21.6 Å². The second-order valence-corrected chi connectivity index (χ2v) is 5.48. The van der Waals surface area contributed by atoms with Crippen LogP contribution in [-0.2, 0) is 0 Å². The standard InChI is InChI=1S/C13H17BrN2O3/c14-12-5-4-11(16(17)18)10-13(12)19-9-3-8-15-6-1-2-7-15/h4-5,10H,1-3,6-9H2. The molecule has 1 aromatic rings. The van der Waals surface area contributed by atoms with Gasteiger partial charge in [-0.05, 0) is 54.3 Å². The van der Waals surface area contributed by atoms with Crippen LogP contribution in [-0.4, -0.2) is 36.1 Å². The van der Waals surface area contributed by atoms with Gasteiger partial charge >= 0.3 is 0 Å². The van der Waals surface area contributed by atoms with Gasteiger partial charge < -0.3 is 9.64 Å². The van der Waals surface area contributed by atoms with E-state index in [-0.39, 0.29) is 5.69 Å². The summed E-state index contributed by atoms with van der Waals surface area (Å²) < 4.78 is 6.36. The number of nitrogens with zero attached hydrogens (tertiary/aromatic N) is 2. The van der Waals surface area contributed by atoms with Crippen LogP contribution in [0.15, 0.2) is 22.7 Å². The topological polar surface area (TPSA) is 55.6 Å². The molecule has 1 aliphatic heterocycles. The van der Waals surface area contributed by atoms with E-state index in [1.807, 2.05) is 0 Å². The summed E-state index contributed by atoms with van der Waals surface area (Å²) in [5.74, 6) is 0.538. The normalized spacial score (nSPS) is 15.6. The van der Waals surface area contributed by atoms with Crippen molar-refractivity contribution in [2.45, 2.75) is 19.3 Å². The summed E-state index contributed by atoms with van der Waals surface area (Å²) in [6.07, 6.45) is 3.52. The molecule has 1 fully saturated rings. The third-order valence-corrected chi connectivity index (χ3v) is 3.86. The summed E-state index contributed by atoms with van der Waals surface area (Å²) in [5, 5.41) is 10.7. The zero-order valence-corrected chi connectivity index (χ0v) is 12.3. The summed E-state index contributed by atoms with van der Waals surface area (Å²) in [6, 6.07) is 4.56. The fourth-order valence-corrected chi connectivity index (χ4v) is 2.55. The fraction of sp³-hybridized carbons (Fsp3) is 0.538. The molecule has 2 rings (SSSR count). The molecule has 0 N–H and O–H groups in total. The minimum Gasteiger partial charge on any atom is -0.492 e. The van der Waals surface area contributed by atoms with Crippen molar-refractivity contribution in [2.24, 2.45) is 0 Å². The number of hydrogen-bond acceptors (Lipinski definition) is 4. The van der Waals surface area contributed by atoms with Gasteiger partial charge in [-0.1, -0.05) is 0 Å². The van der Waals surface area contributed by atoms with E-state index in [1.54, 1.807) is 6.07 Å². The van der Waals surface area contributed by atoms with Gasteiger partial charge in [0, 0.05) is 12.6 Å². The van der Waals surface area contributed by atoms with Gasteiger partial charge in [0.05, 0.1) is 22.1 Å². The van der Waals surface area contributed by atoms with Crippen molar-refractivity contribution in [3.63, 3.8) is 0 Å². The van der Waals surface area contributed by atoms with Crippen LogP contribution < -0.4 is 4.74 Å². The maximum atomic E-state index is 10.7. The molecule has 19 heavy (non-hydrogen) atoms. The molecular formula is C13H17BrN2O3. The Morgan fingerprint density at radius 2 is 2.11 bits per heavy atom. The van der Waals surface area contributed by atoms with Crippen molar-refractivity contribution < 1.29 is 9.66 Å². The van der Waals surface area contributed by atoms with Gasteiger partial charge in [0.1, 0.15) is 5.75 Å². The highest BCUT2D eigenvalue weighted by Gasteiger charge is 2.12. The summed E-state index contributed by atoms with van der Waals surface area (Å²) >= 11 is 3.34. The van der Waals surface area contributed by atoms with Crippen molar-refractivity contribution in [3.8, 4) is 5.75 Å². The molecule has 0 spiro atoms. The van der Waals surface area contributed by atoms with Gasteiger partial charge in [0.25, 0.3) is 5.69 Å². The lowest BCUT2D eigenvalue weighted by atomic mass is 10.3. The molecule has 1 heterocycles. The van der Waals surface area contributed by atoms with Crippen LogP contribution in [0, 0.1) is 10.1 Å². The SMILES string of the molecule is O=[N+]([O-])c1ccc(Br)c(OCCCN2CCCC2)c1. The molecule has 1 aliphatic rings. The van der Waals surface area contributed by atoms with E-state index < -0.39 is 4.92 Å². The molecule has 5 nitrogen and oxygen atoms in total. The first-order valence-electron chi connectivity index (χ1n) is 6.46. The number of rotatable bonds is 6. The van der Waals surface area contributed by atoms with Gasteiger partial charge in [-0.25, -0.2) is 0 Å². The second kappa shape index (κ2) is 6.86. The molecule has 0 unspecified atom stereocenters. The Bertz CT molecular complexity index is 448. The summed E-state index contributed by atoms with van der Waals surface area (Å²) in [5.41, 5.74) is 0.0535. The van der Waals surface area contributed by atoms with Gasteiger partial charge in [-0.3, -0.25) is 10.1 Å². The average Bonchev–Trinajstić information content (AvgIpc) is 2.89. The lowest BCUT2D eigenvalue weighted by Crippen LogP contribution is -2.21. The second-order valence-electron chi connectivity index (χ2n) is 4.62. The van der Waals surface area contributed by atoms with E-state index in [1.165, 1.54) is 38.1 Å². The van der Waals surface area contributed by atoms with Crippen molar-refractivity contribution in [3.05, 3.63) is 32.8 Å². The van der Waals surface area contributed by atoms with Crippen LogP contribution in [0.2, 0.25) is 0 Å². The van der Waals surface area contributed by atoms with Crippen LogP contribution in [0.3, 0.4) is 0 Å². The molecule has 0 aliphatic carbocycles. The zero-order valence-electron chi connectivity index (χ0n) is 10.7. The smallest absolute Gasteiger partial charge is 0.273 e. The highest BCUT2D eigenvalue weighted by atomic mass is 79.9. The van der Waals surface area contributed by atoms with Crippen LogP contribution >= 0.6 is 15.9 Å². The molecule has 0 bridgehead atoms. The number of non-ortho nitro benzene ring substituents is 1. The Hall–Kier alpha value is -1.14. The Kier molecular flexibility index (Phi) is 5.15. The predicted octanol–water partition coefficient (Wildman–Crippen LogP) is 3.22. The summed E-state index contributed by atoms with van der Waals surface area (Å²) in [4.78, 5) is 12.7. The third-order valence-electron chi connectivity index (χ3n) is 3.20. The Morgan fingerprint density at radius 3 is 2.79 bits per heavy atom. The number of halogens is 1. The molecule has 0 radical (unpaired) electrons. The Morgan fingerprint density at radius 1 is 1.37 bits per heavy atom. The van der Waals surface area contributed by atoms with E-state index in [0.717, 1.165) is 17.4 Å². The molecular weight excluding hydrogens is 312 g/mol. The molecule has 1 aromatic carbocycles. The van der Waals surface area contributed by atoms with Gasteiger partial charge in [-0.15, -0.1) is 0 Å². The molecule has 0 atom stereocenters. The minimum atomic E-state index is -0.413. The van der Waals surface area contributed by atoms with Crippen molar-refractivity contribution in [1.29, 1.82) is 0 Å². The molecule has 0 amide bonds. The highest BCUT2D eigenvalue weighted by Crippen LogP contribution is 2.29. The first-order chi connectivity index (χ1) is 9.16. The van der Waals surface area contributed by atoms with Gasteiger partial charge in [0.15, 0.2) is 0 Å². The van der Waals surface area contributed by atoms with Gasteiger partial charge in [0.2, 0.25) is 0 Å². The number of benzene rings is 1. The maximum Gasteiger partial charge on any atom is 0.273 e. The maximum absolute atomic E-state index is 10.7. The van der Waals surface area contributed by atoms with E-state index in [2.05, 4.69) is 20.8 Å². The number of hydrogen-bond donors (Lipinski definition) is 0. The molecule has 0 aromatic heterocycles. The quantitative estimate of drug-likeness (QED) is 0.457. The minimum absolute atomic E-state index is 0.0535. The monoisotopic (exact) mass is 328 g/mol. The molecule has 104 valence electrons. The molecule has 0 saturated carbocycles. The first kappa shape index (κ1) is 14.3. The van der Waals surface area contributed by atoms with Crippen LogP contribution in [0.4, 0.5) is 5.69 Å². The van der Waals surface area contributed by atoms with E-state index in [9.17, 15) is 10.1 Å². The van der Waals surface area contributed by atoms with E-state index >= 15 is 0 Å². The van der Waals surface area contributed by atoms with Crippen molar-refractivity contribution in [2.75, 3.05) is 26.2 Å². The highest BCUT2D eigenvalue weighted by molar-refractivity contribution is 9.10. The Labute approximate surface area is 120 Å². The number of nitro benzene ring substituents is 1. The average molecular weight is 329 g/mol. The third kappa shape index (κ3) is 4.18. The summed E-state index contributed by atoms with van der Waals surface area (Å²) in [7, 11) is 0. The predicted molar refractivity (Wildman–Crippen MR) is 76.6 cm³/mol. The van der Waals surface area contributed by atoms with Crippen LogP contribution in [0.25, 0.3) is 0 Å². The zero-order chi connectivity index (χ0) is 13.7. The van der Waals surface area contributed by atoms with Gasteiger partial charge in [-0.2, -0.15) is 0 Å². The summed E-state index contributed by atoms with van der Waals surface area (Å²) in [6.45, 7) is 3.98. The van der Waals surface area contributed by atoms with Crippen LogP contribution in [0.5, 0.6) is 5.75 Å². The first-order valence-corrected chi connectivity index (χ1v) is 7.25.